The highest BCUT2D eigenvalue weighted by Crippen LogP contribution is 2.46. The maximum atomic E-state index is 11.2. The summed E-state index contributed by atoms with van der Waals surface area (Å²) in [4.78, 5) is 11.4. The van der Waals surface area contributed by atoms with E-state index < -0.39 is 12.2 Å². The van der Waals surface area contributed by atoms with Gasteiger partial charge in [0.25, 0.3) is 0 Å². The van der Waals surface area contributed by atoms with Gasteiger partial charge in [-0.3, -0.25) is 4.79 Å². The second kappa shape index (κ2) is 12.5. The molecule has 28 heavy (non-hydrogen) atoms. The Morgan fingerprint density at radius 3 is 2.79 bits per heavy atom. The Balaban J connectivity index is 1.78. The number of hydrogen-bond acceptors (Lipinski definition) is 5. The van der Waals surface area contributed by atoms with Crippen LogP contribution in [0.5, 0.6) is 0 Å². The third kappa shape index (κ3) is 7.28. The normalized spacial score (nSPS) is 31.8. The molecule has 0 bridgehead atoms. The van der Waals surface area contributed by atoms with Gasteiger partial charge < -0.3 is 19.7 Å². The lowest BCUT2D eigenvalue weighted by Gasteiger charge is -2.21. The van der Waals surface area contributed by atoms with Crippen molar-refractivity contribution < 1.29 is 24.5 Å². The Morgan fingerprint density at radius 1 is 1.29 bits per heavy atom. The number of carbonyl (C=O) groups is 1. The number of fused-ring (bicyclic) bond motifs is 1. The average Bonchev–Trinajstić information content (AvgIpc) is 3.20. The highest BCUT2D eigenvalue weighted by molar-refractivity contribution is 9.09. The van der Waals surface area contributed by atoms with Crippen molar-refractivity contribution in [3.05, 3.63) is 12.2 Å². The predicted octanol–water partition coefficient (Wildman–Crippen LogP) is 3.96. The number of carbonyl (C=O) groups excluding carboxylic acids is 1. The third-order valence-electron chi connectivity index (χ3n) is 5.92. The van der Waals surface area contributed by atoms with Crippen LogP contribution in [-0.2, 0) is 14.3 Å². The van der Waals surface area contributed by atoms with Crippen LogP contribution >= 0.6 is 27.5 Å². The molecule has 162 valence electrons. The lowest BCUT2D eigenvalue weighted by atomic mass is 9.89. The van der Waals surface area contributed by atoms with Gasteiger partial charge in [-0.25, -0.2) is 0 Å². The lowest BCUT2D eigenvalue weighted by molar-refractivity contribution is -0.140. The molecule has 0 aromatic heterocycles. The molecule has 2 fully saturated rings. The first-order valence-electron chi connectivity index (χ1n) is 10.4. The number of aliphatic hydroxyl groups is 2. The van der Waals surface area contributed by atoms with Crippen molar-refractivity contribution in [3.8, 4) is 0 Å². The van der Waals surface area contributed by atoms with Gasteiger partial charge >= 0.3 is 5.97 Å². The second-order valence-electron chi connectivity index (χ2n) is 7.97. The fourth-order valence-corrected chi connectivity index (χ4v) is 5.18. The SMILES string of the molecule is COC(=O)CCCC(Br)C1C[C@@H]2[C@@H](C=C[C@@H](O)CCCCCCl)[C@H](O)C[C@H]2O1. The van der Waals surface area contributed by atoms with Crippen molar-refractivity contribution in [2.75, 3.05) is 13.0 Å². The van der Waals surface area contributed by atoms with E-state index >= 15 is 0 Å². The summed E-state index contributed by atoms with van der Waals surface area (Å²) in [6.07, 6.45) is 10.4. The highest BCUT2D eigenvalue weighted by atomic mass is 79.9. The van der Waals surface area contributed by atoms with Gasteiger partial charge in [-0.15, -0.1) is 11.6 Å². The number of aliphatic hydroxyl groups excluding tert-OH is 2. The molecule has 1 aliphatic carbocycles. The van der Waals surface area contributed by atoms with E-state index in [0.717, 1.165) is 44.9 Å². The number of alkyl halides is 2. The maximum Gasteiger partial charge on any atom is 0.305 e. The summed E-state index contributed by atoms with van der Waals surface area (Å²) in [6, 6.07) is 0. The maximum absolute atomic E-state index is 11.2. The molecule has 7 atom stereocenters. The fourth-order valence-electron chi connectivity index (χ4n) is 4.33. The van der Waals surface area contributed by atoms with Gasteiger partial charge in [-0.2, -0.15) is 0 Å². The molecule has 2 aliphatic rings. The minimum atomic E-state index is -0.470. The Hall–Kier alpha value is -0.140. The summed E-state index contributed by atoms with van der Waals surface area (Å²) in [5.74, 6) is 0.794. The number of halogens is 2. The molecule has 7 heteroatoms. The van der Waals surface area contributed by atoms with Gasteiger partial charge in [0.15, 0.2) is 0 Å². The van der Waals surface area contributed by atoms with E-state index in [9.17, 15) is 15.0 Å². The van der Waals surface area contributed by atoms with Crippen molar-refractivity contribution >= 4 is 33.5 Å². The summed E-state index contributed by atoms with van der Waals surface area (Å²) in [5, 5.41) is 20.6. The van der Waals surface area contributed by atoms with Crippen molar-refractivity contribution in [2.45, 2.75) is 87.0 Å². The number of unbranched alkanes of at least 4 members (excludes halogenated alkanes) is 2. The summed E-state index contributed by atoms with van der Waals surface area (Å²) < 4.78 is 10.9. The topological polar surface area (TPSA) is 76.0 Å². The second-order valence-corrected chi connectivity index (χ2v) is 9.52. The van der Waals surface area contributed by atoms with E-state index in [2.05, 4.69) is 20.7 Å². The highest BCUT2D eigenvalue weighted by Gasteiger charge is 2.49. The van der Waals surface area contributed by atoms with Crippen LogP contribution in [0.4, 0.5) is 0 Å². The average molecular weight is 482 g/mol. The lowest BCUT2D eigenvalue weighted by Crippen LogP contribution is -2.24. The monoisotopic (exact) mass is 480 g/mol. The van der Waals surface area contributed by atoms with Gasteiger partial charge in [0.1, 0.15) is 0 Å². The molecule has 1 aliphatic heterocycles. The van der Waals surface area contributed by atoms with Crippen LogP contribution in [0.2, 0.25) is 0 Å². The van der Waals surface area contributed by atoms with Crippen LogP contribution in [0.25, 0.3) is 0 Å². The Kier molecular flexibility index (Phi) is 10.8. The number of hydrogen-bond donors (Lipinski definition) is 2. The van der Waals surface area contributed by atoms with E-state index in [1.165, 1.54) is 7.11 Å². The van der Waals surface area contributed by atoms with E-state index in [1.54, 1.807) is 0 Å². The van der Waals surface area contributed by atoms with Crippen molar-refractivity contribution in [2.24, 2.45) is 11.8 Å². The van der Waals surface area contributed by atoms with Gasteiger partial charge in [-0.1, -0.05) is 40.9 Å². The fraction of sp³-hybridized carbons (Fsp3) is 0.857. The molecule has 0 amide bonds. The molecule has 2 unspecified atom stereocenters. The third-order valence-corrected chi connectivity index (χ3v) is 7.24. The largest absolute Gasteiger partial charge is 0.469 e. The molecule has 0 aromatic rings. The van der Waals surface area contributed by atoms with Gasteiger partial charge in [0.2, 0.25) is 0 Å². The van der Waals surface area contributed by atoms with E-state index in [0.29, 0.717) is 18.7 Å². The zero-order valence-electron chi connectivity index (χ0n) is 16.6. The summed E-state index contributed by atoms with van der Waals surface area (Å²) >= 11 is 9.39. The molecule has 1 saturated heterocycles. The zero-order valence-corrected chi connectivity index (χ0v) is 19.0. The van der Waals surface area contributed by atoms with Crippen molar-refractivity contribution in [1.29, 1.82) is 0 Å². The molecular formula is C21H34BrClO5. The molecule has 0 aromatic carbocycles. The van der Waals surface area contributed by atoms with Crippen molar-refractivity contribution in [3.63, 3.8) is 0 Å². The molecule has 2 N–H and O–H groups in total. The molecule has 0 spiro atoms. The van der Waals surface area contributed by atoms with Gasteiger partial charge in [0, 0.05) is 29.5 Å². The standard InChI is InChI=1S/C21H34BrClO5/c1-27-21(26)8-5-7-17(22)20-12-16-15(18(25)13-19(16)28-20)10-9-14(24)6-3-2-4-11-23/h9-10,14-20,24-25H,2-8,11-13H2,1H3/t14-,15+,16+,17?,18+,19+,20?/m0/s1. The molecule has 1 saturated carbocycles. The first kappa shape index (κ1) is 24.1. The van der Waals surface area contributed by atoms with E-state index in [4.69, 9.17) is 16.3 Å². The summed E-state index contributed by atoms with van der Waals surface area (Å²) in [5.41, 5.74) is 0. The Bertz CT molecular complexity index is 503. The van der Waals surface area contributed by atoms with Crippen LogP contribution in [-0.4, -0.2) is 58.4 Å². The first-order chi connectivity index (χ1) is 13.5. The van der Waals surface area contributed by atoms with Crippen LogP contribution in [0.15, 0.2) is 12.2 Å². The minimum absolute atomic E-state index is 0.0299. The minimum Gasteiger partial charge on any atom is -0.469 e. The van der Waals surface area contributed by atoms with Gasteiger partial charge in [-0.05, 0) is 38.0 Å². The Morgan fingerprint density at radius 2 is 2.07 bits per heavy atom. The first-order valence-corrected chi connectivity index (χ1v) is 11.9. The smallest absolute Gasteiger partial charge is 0.305 e. The van der Waals surface area contributed by atoms with Crippen LogP contribution in [0.3, 0.4) is 0 Å². The van der Waals surface area contributed by atoms with Crippen molar-refractivity contribution in [1.82, 2.24) is 0 Å². The van der Waals surface area contributed by atoms with E-state index in [-0.39, 0.29) is 34.8 Å². The number of methoxy groups -OCH3 is 1. The quantitative estimate of drug-likeness (QED) is 0.191. The molecular weight excluding hydrogens is 448 g/mol. The van der Waals surface area contributed by atoms with Gasteiger partial charge in [0.05, 0.1) is 31.5 Å². The molecule has 0 radical (unpaired) electrons. The number of esters is 1. The summed E-state index contributed by atoms with van der Waals surface area (Å²) in [6.45, 7) is 0. The number of rotatable bonds is 12. The predicted molar refractivity (Wildman–Crippen MR) is 114 cm³/mol. The van der Waals surface area contributed by atoms with Crippen LogP contribution < -0.4 is 0 Å². The molecule has 1 heterocycles. The Labute approximate surface area is 181 Å². The zero-order chi connectivity index (χ0) is 20.5. The summed E-state index contributed by atoms with van der Waals surface area (Å²) in [7, 11) is 1.41. The molecule has 5 nitrogen and oxygen atoms in total. The van der Waals surface area contributed by atoms with Crippen LogP contribution in [0.1, 0.15) is 57.8 Å². The van der Waals surface area contributed by atoms with E-state index in [1.807, 2.05) is 12.2 Å². The number of ether oxygens (including phenoxy) is 2. The molecule has 2 rings (SSSR count). The van der Waals surface area contributed by atoms with Crippen LogP contribution in [0, 0.1) is 11.8 Å².